The van der Waals surface area contributed by atoms with Crippen LogP contribution in [0.25, 0.3) is 0 Å². The van der Waals surface area contributed by atoms with Crippen molar-refractivity contribution < 1.29 is 4.74 Å². The zero-order valence-electron chi connectivity index (χ0n) is 17.8. The van der Waals surface area contributed by atoms with Crippen molar-refractivity contribution >= 4 is 35.1 Å². The lowest BCUT2D eigenvalue weighted by molar-refractivity contribution is 0.414. The van der Waals surface area contributed by atoms with Crippen LogP contribution in [0.2, 0.25) is 10.0 Å². The third kappa shape index (κ3) is 6.27. The highest BCUT2D eigenvalue weighted by molar-refractivity contribution is 6.42. The summed E-state index contributed by atoms with van der Waals surface area (Å²) in [6.07, 6.45) is 0. The average Bonchev–Trinajstić information content (AvgIpc) is 2.79. The van der Waals surface area contributed by atoms with Crippen LogP contribution in [0.5, 0.6) is 5.75 Å². The molecular formula is C21H23Cl2N7O3. The van der Waals surface area contributed by atoms with Gasteiger partial charge >= 0.3 is 11.4 Å². The standard InChI is InChI=1S/C21H23Cl2N7O3/c1-33-15-5-2-13(3-6-15)11-29-19(27-9-8-26-18(24)25)28-20(31)30(21(29)32)12-14-4-7-16(22)17(23)10-14/h2-7,10H,8-9,11-12H2,1H3,(H4,24,25,26)(H,27,28,31). The van der Waals surface area contributed by atoms with Gasteiger partial charge in [0, 0.05) is 6.54 Å². The molecule has 0 bridgehead atoms. The van der Waals surface area contributed by atoms with Crippen molar-refractivity contribution in [1.29, 1.82) is 0 Å². The molecule has 10 nitrogen and oxygen atoms in total. The van der Waals surface area contributed by atoms with Gasteiger partial charge < -0.3 is 21.5 Å². The van der Waals surface area contributed by atoms with Crippen molar-refractivity contribution in [1.82, 2.24) is 14.1 Å². The molecule has 3 aromatic rings. The molecule has 0 amide bonds. The van der Waals surface area contributed by atoms with Gasteiger partial charge in [-0.1, -0.05) is 41.4 Å². The fourth-order valence-electron chi connectivity index (χ4n) is 3.03. The Morgan fingerprint density at radius 2 is 1.70 bits per heavy atom. The average molecular weight is 492 g/mol. The molecule has 0 spiro atoms. The van der Waals surface area contributed by atoms with Crippen LogP contribution < -0.4 is 32.9 Å². The molecule has 0 radical (unpaired) electrons. The third-order valence-electron chi connectivity index (χ3n) is 4.66. The first-order valence-corrected chi connectivity index (χ1v) is 10.6. The van der Waals surface area contributed by atoms with E-state index in [1.165, 1.54) is 4.57 Å². The first-order valence-electron chi connectivity index (χ1n) is 9.86. The van der Waals surface area contributed by atoms with Gasteiger partial charge in [-0.3, -0.25) is 9.56 Å². The number of aliphatic imine (C=N–C) groups is 1. The Morgan fingerprint density at radius 3 is 2.33 bits per heavy atom. The number of hydrogen-bond acceptors (Lipinski definition) is 6. The summed E-state index contributed by atoms with van der Waals surface area (Å²) >= 11 is 12.0. The maximum atomic E-state index is 13.3. The molecule has 5 N–H and O–H groups in total. The van der Waals surface area contributed by atoms with Gasteiger partial charge in [0.05, 0.1) is 36.8 Å². The van der Waals surface area contributed by atoms with Crippen LogP contribution in [-0.4, -0.2) is 40.3 Å². The van der Waals surface area contributed by atoms with Crippen molar-refractivity contribution in [2.24, 2.45) is 16.5 Å². The van der Waals surface area contributed by atoms with Crippen molar-refractivity contribution in [2.45, 2.75) is 13.1 Å². The van der Waals surface area contributed by atoms with Crippen LogP contribution in [0.4, 0.5) is 5.95 Å². The largest absolute Gasteiger partial charge is 0.497 e. The normalized spacial score (nSPS) is 10.6. The molecule has 174 valence electrons. The number of aromatic nitrogens is 3. The molecule has 0 saturated carbocycles. The molecule has 3 rings (SSSR count). The summed E-state index contributed by atoms with van der Waals surface area (Å²) in [6, 6.07) is 12.1. The highest BCUT2D eigenvalue weighted by atomic mass is 35.5. The number of nitrogens with one attached hydrogen (secondary N) is 1. The van der Waals surface area contributed by atoms with E-state index in [1.807, 2.05) is 12.1 Å². The number of guanidine groups is 1. The van der Waals surface area contributed by atoms with Crippen LogP contribution in [-0.2, 0) is 13.1 Å². The second kappa shape index (κ2) is 10.9. The summed E-state index contributed by atoms with van der Waals surface area (Å²) in [7, 11) is 1.57. The molecule has 0 aliphatic rings. The quantitative estimate of drug-likeness (QED) is 0.233. The third-order valence-corrected chi connectivity index (χ3v) is 5.40. The number of anilines is 1. The molecule has 33 heavy (non-hydrogen) atoms. The molecule has 12 heteroatoms. The SMILES string of the molecule is COc1ccc(Cn2c(NCCN=C(N)N)nc(=O)n(Cc3ccc(Cl)c(Cl)c3)c2=O)cc1. The van der Waals surface area contributed by atoms with Gasteiger partial charge in [0.1, 0.15) is 5.75 Å². The fraction of sp³-hybridized carbons (Fsp3) is 0.238. The van der Waals surface area contributed by atoms with Gasteiger partial charge in [0.2, 0.25) is 5.95 Å². The Hall–Kier alpha value is -3.50. The lowest BCUT2D eigenvalue weighted by Gasteiger charge is -2.16. The van der Waals surface area contributed by atoms with Crippen LogP contribution in [0.3, 0.4) is 0 Å². The van der Waals surface area contributed by atoms with E-state index < -0.39 is 11.4 Å². The van der Waals surface area contributed by atoms with E-state index >= 15 is 0 Å². The number of halogens is 2. The fourth-order valence-corrected chi connectivity index (χ4v) is 3.35. The van der Waals surface area contributed by atoms with E-state index in [2.05, 4.69) is 15.3 Å². The van der Waals surface area contributed by atoms with Gasteiger partial charge in [-0.25, -0.2) is 14.2 Å². The minimum atomic E-state index is -0.707. The summed E-state index contributed by atoms with van der Waals surface area (Å²) in [6.45, 7) is 0.664. The van der Waals surface area contributed by atoms with Crippen molar-refractivity contribution in [3.8, 4) is 5.75 Å². The smallest absolute Gasteiger partial charge is 0.355 e. The lowest BCUT2D eigenvalue weighted by Crippen LogP contribution is -2.43. The zero-order valence-corrected chi connectivity index (χ0v) is 19.3. The zero-order chi connectivity index (χ0) is 24.0. The molecule has 0 aliphatic heterocycles. The summed E-state index contributed by atoms with van der Waals surface area (Å²) in [5.41, 5.74) is 10.9. The Balaban J connectivity index is 1.99. The molecule has 0 unspecified atom stereocenters. The number of nitrogens with zero attached hydrogens (tertiary/aromatic N) is 4. The van der Waals surface area contributed by atoms with E-state index in [-0.39, 0.29) is 38.1 Å². The van der Waals surface area contributed by atoms with Crippen molar-refractivity contribution in [3.63, 3.8) is 0 Å². The predicted octanol–water partition coefficient (Wildman–Crippen LogP) is 1.50. The van der Waals surface area contributed by atoms with Gasteiger partial charge in [-0.15, -0.1) is 0 Å². The topological polar surface area (TPSA) is 143 Å². The highest BCUT2D eigenvalue weighted by Crippen LogP contribution is 2.22. The molecule has 1 heterocycles. The van der Waals surface area contributed by atoms with Gasteiger partial charge in [0.15, 0.2) is 5.96 Å². The molecule has 0 saturated heterocycles. The second-order valence-corrected chi connectivity index (χ2v) is 7.82. The van der Waals surface area contributed by atoms with Crippen LogP contribution in [0.15, 0.2) is 57.0 Å². The first kappa shape index (κ1) is 24.1. The van der Waals surface area contributed by atoms with Gasteiger partial charge in [-0.05, 0) is 35.4 Å². The Bertz CT molecular complexity index is 1270. The highest BCUT2D eigenvalue weighted by Gasteiger charge is 2.14. The number of benzene rings is 2. The predicted molar refractivity (Wildman–Crippen MR) is 130 cm³/mol. The van der Waals surface area contributed by atoms with E-state index in [1.54, 1.807) is 37.4 Å². The van der Waals surface area contributed by atoms with E-state index in [4.69, 9.17) is 39.4 Å². The van der Waals surface area contributed by atoms with Gasteiger partial charge in [-0.2, -0.15) is 4.98 Å². The number of nitrogens with two attached hydrogens (primary N) is 2. The van der Waals surface area contributed by atoms with Crippen LogP contribution in [0, 0.1) is 0 Å². The summed E-state index contributed by atoms with van der Waals surface area (Å²) in [4.78, 5) is 34.0. The second-order valence-electron chi connectivity index (χ2n) is 7.00. The van der Waals surface area contributed by atoms with Crippen LogP contribution >= 0.6 is 23.2 Å². The maximum Gasteiger partial charge on any atom is 0.355 e. The van der Waals surface area contributed by atoms with Crippen LogP contribution in [0.1, 0.15) is 11.1 Å². The molecule has 0 atom stereocenters. The summed E-state index contributed by atoms with van der Waals surface area (Å²) in [5, 5.41) is 3.66. The minimum Gasteiger partial charge on any atom is -0.497 e. The Morgan fingerprint density at radius 1 is 1.03 bits per heavy atom. The number of methoxy groups -OCH3 is 1. The lowest BCUT2D eigenvalue weighted by atomic mass is 10.2. The molecule has 0 fully saturated rings. The first-order chi connectivity index (χ1) is 15.8. The van der Waals surface area contributed by atoms with E-state index in [0.29, 0.717) is 21.4 Å². The van der Waals surface area contributed by atoms with Crippen molar-refractivity contribution in [2.75, 3.05) is 25.5 Å². The maximum absolute atomic E-state index is 13.3. The number of ether oxygens (including phenoxy) is 1. The summed E-state index contributed by atoms with van der Waals surface area (Å²) in [5.74, 6) is 0.735. The van der Waals surface area contributed by atoms with E-state index in [9.17, 15) is 9.59 Å². The molecule has 0 aliphatic carbocycles. The monoisotopic (exact) mass is 491 g/mol. The van der Waals surface area contributed by atoms with Gasteiger partial charge in [0.25, 0.3) is 0 Å². The molecule has 1 aromatic heterocycles. The Kier molecular flexibility index (Phi) is 7.96. The number of hydrogen-bond donors (Lipinski definition) is 3. The van der Waals surface area contributed by atoms with Crippen molar-refractivity contribution in [3.05, 3.63) is 84.6 Å². The molecular weight excluding hydrogens is 469 g/mol. The Labute approximate surface area is 199 Å². The summed E-state index contributed by atoms with van der Waals surface area (Å²) < 4.78 is 7.58. The minimum absolute atomic E-state index is 0.0154. The van der Waals surface area contributed by atoms with E-state index in [0.717, 1.165) is 10.1 Å². The number of rotatable bonds is 9. The molecule has 2 aromatic carbocycles.